The molecule has 1 aromatic carbocycles. The van der Waals surface area contributed by atoms with Crippen molar-refractivity contribution >= 4 is 17.4 Å². The van der Waals surface area contributed by atoms with Crippen molar-refractivity contribution in [3.8, 4) is 0 Å². The summed E-state index contributed by atoms with van der Waals surface area (Å²) in [5, 5.41) is 9.00. The van der Waals surface area contributed by atoms with Crippen LogP contribution in [0.5, 0.6) is 0 Å². The molecule has 5 nitrogen and oxygen atoms in total. The zero-order valence-electron chi connectivity index (χ0n) is 8.14. The Balaban J connectivity index is 2.69. The molecule has 3 N–H and O–H groups in total. The number of esters is 1. The van der Waals surface area contributed by atoms with Crippen molar-refractivity contribution in [1.29, 1.82) is 0 Å². The normalized spacial score (nSPS) is 11.9. The molecule has 1 atom stereocenters. The molecule has 0 aliphatic carbocycles. The van der Waals surface area contributed by atoms with E-state index in [1.807, 2.05) is 0 Å². The smallest absolute Gasteiger partial charge is 0.340 e. The van der Waals surface area contributed by atoms with Gasteiger partial charge in [-0.2, -0.15) is 0 Å². The minimum atomic E-state index is -1.71. The van der Waals surface area contributed by atoms with E-state index in [1.54, 1.807) is 0 Å². The summed E-state index contributed by atoms with van der Waals surface area (Å²) in [6, 6.07) is 5.95. The van der Waals surface area contributed by atoms with Gasteiger partial charge in [0, 0.05) is 12.6 Å². The number of Topliss-reactive ketones (excluding diaryl/α,β-unsaturated/α-hetero) is 1. The first-order valence-electron chi connectivity index (χ1n) is 4.25. The molecule has 0 saturated heterocycles. The monoisotopic (exact) mass is 209 g/mol. The van der Waals surface area contributed by atoms with Crippen molar-refractivity contribution in [2.24, 2.45) is 0 Å². The topological polar surface area (TPSA) is 89.6 Å². The van der Waals surface area contributed by atoms with Gasteiger partial charge >= 0.3 is 5.97 Å². The van der Waals surface area contributed by atoms with Gasteiger partial charge in [0.15, 0.2) is 5.78 Å². The maximum absolute atomic E-state index is 11.3. The number of carbonyl (C=O) groups excluding carboxylic acids is 2. The van der Waals surface area contributed by atoms with Crippen molar-refractivity contribution in [2.75, 3.05) is 5.73 Å². The van der Waals surface area contributed by atoms with Crippen LogP contribution in [0.15, 0.2) is 24.3 Å². The second-order valence-corrected chi connectivity index (χ2v) is 2.99. The molecule has 5 heteroatoms. The van der Waals surface area contributed by atoms with Crippen LogP contribution in [-0.4, -0.2) is 23.1 Å². The quantitative estimate of drug-likeness (QED) is 0.425. The Morgan fingerprint density at radius 3 is 2.33 bits per heavy atom. The molecule has 0 aliphatic heterocycles. The van der Waals surface area contributed by atoms with Gasteiger partial charge < -0.3 is 15.6 Å². The second-order valence-electron chi connectivity index (χ2n) is 2.99. The number of aliphatic hydroxyl groups is 1. The lowest BCUT2D eigenvalue weighted by atomic mass is 10.2. The maximum atomic E-state index is 11.3. The van der Waals surface area contributed by atoms with Gasteiger partial charge in [0.1, 0.15) is 0 Å². The largest absolute Gasteiger partial charge is 0.425 e. The second kappa shape index (κ2) is 4.56. The summed E-state index contributed by atoms with van der Waals surface area (Å²) in [4.78, 5) is 21.9. The molecule has 0 radical (unpaired) electrons. The van der Waals surface area contributed by atoms with Gasteiger partial charge in [0.05, 0.1) is 5.56 Å². The molecule has 0 aliphatic rings. The van der Waals surface area contributed by atoms with E-state index in [2.05, 4.69) is 4.74 Å². The Kier molecular flexibility index (Phi) is 3.41. The number of rotatable bonds is 3. The third kappa shape index (κ3) is 3.07. The van der Waals surface area contributed by atoms with Gasteiger partial charge in [-0.15, -0.1) is 0 Å². The highest BCUT2D eigenvalue weighted by Crippen LogP contribution is 2.07. The van der Waals surface area contributed by atoms with E-state index in [-0.39, 0.29) is 5.56 Å². The molecule has 15 heavy (non-hydrogen) atoms. The number of hydrogen-bond donors (Lipinski definition) is 2. The molecule has 0 amide bonds. The first-order chi connectivity index (χ1) is 7.00. The fourth-order valence-corrected chi connectivity index (χ4v) is 0.872. The highest BCUT2D eigenvalue weighted by atomic mass is 16.6. The molecule has 80 valence electrons. The maximum Gasteiger partial charge on any atom is 0.340 e. The average Bonchev–Trinajstić information content (AvgIpc) is 2.18. The number of ether oxygens (including phenoxy) is 1. The summed E-state index contributed by atoms with van der Waals surface area (Å²) in [6.07, 6.45) is -1.71. The summed E-state index contributed by atoms with van der Waals surface area (Å²) < 4.78 is 4.46. The predicted molar refractivity (Wildman–Crippen MR) is 53.0 cm³/mol. The molecule has 0 fully saturated rings. The lowest BCUT2D eigenvalue weighted by molar-refractivity contribution is -0.144. The van der Waals surface area contributed by atoms with Crippen molar-refractivity contribution in [2.45, 2.75) is 13.2 Å². The zero-order chi connectivity index (χ0) is 11.4. The van der Waals surface area contributed by atoms with Crippen LogP contribution in [0.2, 0.25) is 0 Å². The van der Waals surface area contributed by atoms with E-state index in [1.165, 1.54) is 24.3 Å². The predicted octanol–water partition coefficient (Wildman–Crippen LogP) is 0.333. The number of benzene rings is 1. The van der Waals surface area contributed by atoms with Crippen LogP contribution in [0.25, 0.3) is 0 Å². The van der Waals surface area contributed by atoms with Crippen molar-refractivity contribution in [3.63, 3.8) is 0 Å². The summed E-state index contributed by atoms with van der Waals surface area (Å²) >= 11 is 0. The van der Waals surface area contributed by atoms with Crippen molar-refractivity contribution in [1.82, 2.24) is 0 Å². The highest BCUT2D eigenvalue weighted by molar-refractivity contribution is 5.92. The SMILES string of the molecule is CC(=O)C(O)OC(=O)c1ccc(N)cc1. The van der Waals surface area contributed by atoms with E-state index in [0.29, 0.717) is 5.69 Å². The van der Waals surface area contributed by atoms with E-state index in [0.717, 1.165) is 6.92 Å². The van der Waals surface area contributed by atoms with Gasteiger partial charge in [-0.25, -0.2) is 4.79 Å². The molecule has 0 bridgehead atoms. The van der Waals surface area contributed by atoms with Crippen LogP contribution >= 0.6 is 0 Å². The Labute approximate surface area is 86.5 Å². The molecule has 1 unspecified atom stereocenters. The number of aliphatic hydroxyl groups excluding tert-OH is 1. The van der Waals surface area contributed by atoms with Crippen molar-refractivity contribution in [3.05, 3.63) is 29.8 Å². The van der Waals surface area contributed by atoms with Gasteiger partial charge in [0.25, 0.3) is 6.29 Å². The number of ketones is 1. The van der Waals surface area contributed by atoms with Crippen LogP contribution in [-0.2, 0) is 9.53 Å². The summed E-state index contributed by atoms with van der Waals surface area (Å²) in [5.74, 6) is -1.39. The highest BCUT2D eigenvalue weighted by Gasteiger charge is 2.16. The van der Waals surface area contributed by atoms with E-state index < -0.39 is 18.0 Å². The molecular formula is C10H11NO4. The lowest BCUT2D eigenvalue weighted by Gasteiger charge is -2.08. The molecule has 0 aromatic heterocycles. The third-order valence-corrected chi connectivity index (χ3v) is 1.71. The van der Waals surface area contributed by atoms with Gasteiger partial charge in [-0.1, -0.05) is 0 Å². The van der Waals surface area contributed by atoms with Gasteiger partial charge in [-0.3, -0.25) is 4.79 Å². The first kappa shape index (κ1) is 11.2. The number of carbonyl (C=O) groups is 2. The summed E-state index contributed by atoms with van der Waals surface area (Å²) in [7, 11) is 0. The average molecular weight is 209 g/mol. The third-order valence-electron chi connectivity index (χ3n) is 1.71. The first-order valence-corrected chi connectivity index (χ1v) is 4.25. The van der Waals surface area contributed by atoms with E-state index in [9.17, 15) is 9.59 Å². The van der Waals surface area contributed by atoms with E-state index in [4.69, 9.17) is 10.8 Å². The number of nitrogens with two attached hydrogens (primary N) is 1. The zero-order valence-corrected chi connectivity index (χ0v) is 8.14. The number of anilines is 1. The fourth-order valence-electron chi connectivity index (χ4n) is 0.872. The summed E-state index contributed by atoms with van der Waals surface area (Å²) in [5.41, 5.74) is 6.16. The minimum Gasteiger partial charge on any atom is -0.425 e. The Hall–Kier alpha value is -1.88. The van der Waals surface area contributed by atoms with Crippen LogP contribution in [0.4, 0.5) is 5.69 Å². The Bertz CT molecular complexity index is 372. The van der Waals surface area contributed by atoms with Crippen LogP contribution in [0.1, 0.15) is 17.3 Å². The van der Waals surface area contributed by atoms with Crippen LogP contribution in [0, 0.1) is 0 Å². The van der Waals surface area contributed by atoms with Gasteiger partial charge in [-0.05, 0) is 24.3 Å². The fraction of sp³-hybridized carbons (Fsp3) is 0.200. The number of hydrogen-bond acceptors (Lipinski definition) is 5. The summed E-state index contributed by atoms with van der Waals surface area (Å²) in [6.45, 7) is 1.13. The molecule has 0 spiro atoms. The number of nitrogen functional groups attached to an aromatic ring is 1. The molecule has 0 saturated carbocycles. The minimum absolute atomic E-state index is 0.226. The standard InChI is InChI=1S/C10H11NO4/c1-6(12)9(13)15-10(14)7-2-4-8(11)5-3-7/h2-5,9,13H,11H2,1H3. The Morgan fingerprint density at radius 1 is 1.33 bits per heavy atom. The van der Waals surface area contributed by atoms with E-state index >= 15 is 0 Å². The Morgan fingerprint density at radius 2 is 1.87 bits per heavy atom. The van der Waals surface area contributed by atoms with Crippen LogP contribution in [0.3, 0.4) is 0 Å². The molecular weight excluding hydrogens is 198 g/mol. The van der Waals surface area contributed by atoms with Crippen LogP contribution < -0.4 is 5.73 Å². The molecule has 0 heterocycles. The van der Waals surface area contributed by atoms with Gasteiger partial charge in [0.2, 0.25) is 0 Å². The van der Waals surface area contributed by atoms with Crippen molar-refractivity contribution < 1.29 is 19.4 Å². The molecule has 1 rings (SSSR count). The lowest BCUT2D eigenvalue weighted by Crippen LogP contribution is -2.24. The molecule has 1 aromatic rings.